The van der Waals surface area contributed by atoms with E-state index >= 15 is 0 Å². The lowest BCUT2D eigenvalue weighted by Gasteiger charge is -2.21. The number of benzene rings is 2. The third kappa shape index (κ3) is 3.27. The number of carbonyl (C=O) groups excluding carboxylic acids is 1. The topological polar surface area (TPSA) is 20.3 Å². The third-order valence-electron chi connectivity index (χ3n) is 3.47. The van der Waals surface area contributed by atoms with Crippen molar-refractivity contribution in [3.63, 3.8) is 0 Å². The molecule has 2 aromatic rings. The average Bonchev–Trinajstić information content (AvgIpc) is 2.52. The summed E-state index contributed by atoms with van der Waals surface area (Å²) < 4.78 is 0. The third-order valence-corrected chi connectivity index (χ3v) is 3.47. The van der Waals surface area contributed by atoms with Crippen molar-refractivity contribution >= 4 is 11.6 Å². The van der Waals surface area contributed by atoms with Crippen LogP contribution in [0.25, 0.3) is 11.1 Å². The minimum atomic E-state index is 0.176. The molecule has 0 aromatic heterocycles. The second-order valence-electron chi connectivity index (χ2n) is 4.94. The van der Waals surface area contributed by atoms with Gasteiger partial charge in [0.05, 0.1) is 5.69 Å². The van der Waals surface area contributed by atoms with Crippen molar-refractivity contribution in [1.82, 2.24) is 0 Å². The molecule has 2 heteroatoms. The Morgan fingerprint density at radius 1 is 1.00 bits per heavy atom. The number of amides is 1. The SMILES string of the molecule is CCCCC(=O)N(C)c1ccccc1-c1ccccc1. The molecule has 1 amide bonds. The van der Waals surface area contributed by atoms with Gasteiger partial charge < -0.3 is 4.90 Å². The fraction of sp³-hybridized carbons (Fsp3) is 0.278. The summed E-state index contributed by atoms with van der Waals surface area (Å²) in [5.41, 5.74) is 3.21. The molecule has 0 aliphatic carbocycles. The van der Waals surface area contributed by atoms with Crippen molar-refractivity contribution in [3.8, 4) is 11.1 Å². The lowest BCUT2D eigenvalue weighted by Crippen LogP contribution is -2.26. The molecular weight excluding hydrogens is 246 g/mol. The molecule has 0 saturated heterocycles. The maximum absolute atomic E-state index is 12.2. The Balaban J connectivity index is 2.31. The van der Waals surface area contributed by atoms with E-state index in [0.717, 1.165) is 29.7 Å². The monoisotopic (exact) mass is 267 g/mol. The molecule has 2 rings (SSSR count). The van der Waals surface area contributed by atoms with Gasteiger partial charge in [0, 0.05) is 19.0 Å². The molecule has 0 aliphatic rings. The van der Waals surface area contributed by atoms with E-state index in [4.69, 9.17) is 0 Å². The van der Waals surface area contributed by atoms with Crippen molar-refractivity contribution in [1.29, 1.82) is 0 Å². The molecule has 0 aliphatic heterocycles. The van der Waals surface area contributed by atoms with Gasteiger partial charge in [-0.2, -0.15) is 0 Å². The van der Waals surface area contributed by atoms with Crippen LogP contribution in [0.3, 0.4) is 0 Å². The Bertz CT molecular complexity index is 563. The molecule has 2 nitrogen and oxygen atoms in total. The Kier molecular flexibility index (Phi) is 4.94. The van der Waals surface area contributed by atoms with Crippen LogP contribution in [0.4, 0.5) is 5.69 Å². The summed E-state index contributed by atoms with van der Waals surface area (Å²) in [5.74, 6) is 0.176. The van der Waals surface area contributed by atoms with Crippen LogP contribution in [0.15, 0.2) is 54.6 Å². The van der Waals surface area contributed by atoms with Crippen molar-refractivity contribution in [2.24, 2.45) is 0 Å². The minimum absolute atomic E-state index is 0.176. The molecule has 20 heavy (non-hydrogen) atoms. The summed E-state index contributed by atoms with van der Waals surface area (Å²) in [4.78, 5) is 14.0. The Labute approximate surface area is 121 Å². The van der Waals surface area contributed by atoms with Crippen LogP contribution in [-0.4, -0.2) is 13.0 Å². The van der Waals surface area contributed by atoms with Gasteiger partial charge in [-0.15, -0.1) is 0 Å². The molecule has 0 unspecified atom stereocenters. The predicted molar refractivity (Wildman–Crippen MR) is 84.8 cm³/mol. The molecule has 0 saturated carbocycles. The molecule has 0 heterocycles. The number of hydrogen-bond acceptors (Lipinski definition) is 1. The summed E-state index contributed by atoms with van der Waals surface area (Å²) >= 11 is 0. The molecule has 0 radical (unpaired) electrons. The van der Waals surface area contributed by atoms with Gasteiger partial charge in [-0.3, -0.25) is 4.79 Å². The van der Waals surface area contributed by atoms with Crippen molar-refractivity contribution in [3.05, 3.63) is 54.6 Å². The van der Waals surface area contributed by atoms with Gasteiger partial charge in [0.2, 0.25) is 5.91 Å². The van der Waals surface area contributed by atoms with Crippen LogP contribution in [0.1, 0.15) is 26.2 Å². The number of hydrogen-bond donors (Lipinski definition) is 0. The Hall–Kier alpha value is -2.09. The van der Waals surface area contributed by atoms with E-state index in [0.29, 0.717) is 6.42 Å². The molecule has 0 spiro atoms. The van der Waals surface area contributed by atoms with Gasteiger partial charge in [-0.05, 0) is 18.1 Å². The van der Waals surface area contributed by atoms with Crippen LogP contribution >= 0.6 is 0 Å². The molecule has 0 atom stereocenters. The van der Waals surface area contributed by atoms with Gasteiger partial charge >= 0.3 is 0 Å². The maximum atomic E-state index is 12.2. The number of para-hydroxylation sites is 1. The summed E-state index contributed by atoms with van der Waals surface area (Å²) in [7, 11) is 1.86. The zero-order valence-corrected chi connectivity index (χ0v) is 12.2. The van der Waals surface area contributed by atoms with Crippen molar-refractivity contribution < 1.29 is 4.79 Å². The highest BCUT2D eigenvalue weighted by Crippen LogP contribution is 2.30. The molecule has 0 fully saturated rings. The Morgan fingerprint density at radius 3 is 2.35 bits per heavy atom. The van der Waals surface area contributed by atoms with Gasteiger partial charge in [0.1, 0.15) is 0 Å². The fourth-order valence-corrected chi connectivity index (χ4v) is 2.26. The first kappa shape index (κ1) is 14.3. The maximum Gasteiger partial charge on any atom is 0.226 e. The normalized spacial score (nSPS) is 10.3. The minimum Gasteiger partial charge on any atom is -0.315 e. The van der Waals surface area contributed by atoms with Crippen molar-refractivity contribution in [2.75, 3.05) is 11.9 Å². The second-order valence-corrected chi connectivity index (χ2v) is 4.94. The van der Waals surface area contributed by atoms with Gasteiger partial charge in [-0.1, -0.05) is 61.9 Å². The highest BCUT2D eigenvalue weighted by atomic mass is 16.2. The van der Waals surface area contributed by atoms with E-state index in [1.165, 1.54) is 0 Å². The Morgan fingerprint density at radius 2 is 1.65 bits per heavy atom. The number of rotatable bonds is 5. The van der Waals surface area contributed by atoms with Gasteiger partial charge in [-0.25, -0.2) is 0 Å². The lowest BCUT2D eigenvalue weighted by molar-refractivity contribution is -0.118. The summed E-state index contributed by atoms with van der Waals surface area (Å²) in [6.45, 7) is 2.10. The van der Waals surface area contributed by atoms with Crippen LogP contribution in [0, 0.1) is 0 Å². The first-order valence-electron chi connectivity index (χ1n) is 7.15. The molecule has 2 aromatic carbocycles. The number of carbonyl (C=O) groups is 1. The standard InChI is InChI=1S/C18H21NO/c1-3-4-14-18(20)19(2)17-13-9-8-12-16(17)15-10-6-5-7-11-15/h5-13H,3-4,14H2,1-2H3. The van der Waals surface area contributed by atoms with Crippen LogP contribution in [-0.2, 0) is 4.79 Å². The summed E-state index contributed by atoms with van der Waals surface area (Å²) in [5, 5.41) is 0. The summed E-state index contributed by atoms with van der Waals surface area (Å²) in [6.07, 6.45) is 2.59. The van der Waals surface area contributed by atoms with E-state index in [1.54, 1.807) is 4.90 Å². The highest BCUT2D eigenvalue weighted by molar-refractivity contribution is 5.97. The molecular formula is C18H21NO. The van der Waals surface area contributed by atoms with Crippen LogP contribution in [0.5, 0.6) is 0 Å². The van der Waals surface area contributed by atoms with Gasteiger partial charge in [0.25, 0.3) is 0 Å². The largest absolute Gasteiger partial charge is 0.315 e. The van der Waals surface area contributed by atoms with Crippen molar-refractivity contribution in [2.45, 2.75) is 26.2 Å². The van der Waals surface area contributed by atoms with Crippen LogP contribution in [0.2, 0.25) is 0 Å². The van der Waals surface area contributed by atoms with E-state index in [9.17, 15) is 4.79 Å². The zero-order chi connectivity index (χ0) is 14.4. The highest BCUT2D eigenvalue weighted by Gasteiger charge is 2.14. The summed E-state index contributed by atoms with van der Waals surface area (Å²) in [6, 6.07) is 18.2. The van der Waals surface area contributed by atoms with Crippen LogP contribution < -0.4 is 4.90 Å². The number of nitrogens with zero attached hydrogens (tertiary/aromatic N) is 1. The predicted octanol–water partition coefficient (Wildman–Crippen LogP) is 4.51. The molecule has 0 bridgehead atoms. The first-order chi connectivity index (χ1) is 9.74. The first-order valence-corrected chi connectivity index (χ1v) is 7.15. The van der Waals surface area contributed by atoms with E-state index in [1.807, 2.05) is 43.4 Å². The van der Waals surface area contributed by atoms with E-state index in [-0.39, 0.29) is 5.91 Å². The van der Waals surface area contributed by atoms with Gasteiger partial charge in [0.15, 0.2) is 0 Å². The molecule has 104 valence electrons. The number of unbranched alkanes of at least 4 members (excludes halogenated alkanes) is 1. The van der Waals surface area contributed by atoms with E-state index < -0.39 is 0 Å². The second kappa shape index (κ2) is 6.90. The smallest absolute Gasteiger partial charge is 0.226 e. The van der Waals surface area contributed by atoms with E-state index in [2.05, 4.69) is 25.1 Å². The quantitative estimate of drug-likeness (QED) is 0.780. The average molecular weight is 267 g/mol. The molecule has 0 N–H and O–H groups in total. The fourth-order valence-electron chi connectivity index (χ4n) is 2.26. The zero-order valence-electron chi connectivity index (χ0n) is 12.2. The number of anilines is 1. The lowest BCUT2D eigenvalue weighted by atomic mass is 10.0.